The fourth-order valence-corrected chi connectivity index (χ4v) is 10.7. The normalized spacial score (nSPS) is 20.7. The lowest BCUT2D eigenvalue weighted by atomic mass is 9.85. The lowest BCUT2D eigenvalue weighted by molar-refractivity contribution is -0.220. The summed E-state index contributed by atoms with van der Waals surface area (Å²) in [6, 6.07) is 0. The number of rotatable bonds is 53. The molecule has 6 N–H and O–H groups in total. The first-order valence-electron chi connectivity index (χ1n) is 29.9. The maximum atomic E-state index is 12.9. The third-order valence-corrected chi connectivity index (χ3v) is 15.5. The van der Waals surface area contributed by atoms with Gasteiger partial charge in [-0.05, 0) is 12.8 Å². The van der Waals surface area contributed by atoms with Crippen LogP contribution in [0.15, 0.2) is 0 Å². The van der Waals surface area contributed by atoms with Gasteiger partial charge in [0.15, 0.2) is 0 Å². The van der Waals surface area contributed by atoms with Crippen molar-refractivity contribution in [3.8, 4) is 0 Å². The summed E-state index contributed by atoms with van der Waals surface area (Å²) in [7, 11) is -5.01. The minimum absolute atomic E-state index is 0.0678. The van der Waals surface area contributed by atoms with Gasteiger partial charge in [0.05, 0.1) is 13.2 Å². The molecule has 0 aromatic heterocycles. The highest BCUT2D eigenvalue weighted by atomic mass is 31.2. The van der Waals surface area contributed by atoms with Crippen molar-refractivity contribution >= 4 is 13.8 Å². The van der Waals surface area contributed by atoms with Crippen molar-refractivity contribution in [2.45, 2.75) is 339 Å². The molecule has 70 heavy (non-hydrogen) atoms. The van der Waals surface area contributed by atoms with Gasteiger partial charge in [-0.15, -0.1) is 0 Å². The lowest BCUT2D eigenvalue weighted by Gasteiger charge is -2.41. The summed E-state index contributed by atoms with van der Waals surface area (Å²) in [5, 5.41) is 50.3. The fourth-order valence-electron chi connectivity index (χ4n) is 9.77. The molecule has 13 heteroatoms. The van der Waals surface area contributed by atoms with Crippen molar-refractivity contribution in [1.82, 2.24) is 0 Å². The average molecular weight is 1020 g/mol. The molecule has 0 aromatic rings. The van der Waals surface area contributed by atoms with E-state index in [1.165, 1.54) is 231 Å². The van der Waals surface area contributed by atoms with Gasteiger partial charge in [-0.2, -0.15) is 0 Å². The van der Waals surface area contributed by atoms with E-state index in [4.69, 9.17) is 18.5 Å². The molecule has 0 radical (unpaired) electrons. The van der Waals surface area contributed by atoms with Gasteiger partial charge in [0.2, 0.25) is 0 Å². The second kappa shape index (κ2) is 48.0. The SMILES string of the molecule is CCCCCCCCCCCCCCCCCCCCCCCCCCCCCCCCCC(=O)O[C@H](COCCCCCCCCCCCCCC)COP(=O)(O)OC1C(O)C(O)C(O)[C@@H](O)C1O. The predicted molar refractivity (Wildman–Crippen MR) is 286 cm³/mol. The second-order valence-electron chi connectivity index (χ2n) is 21.2. The largest absolute Gasteiger partial charge is 0.472 e. The Balaban J connectivity index is 2.14. The molecule has 0 amide bonds. The van der Waals surface area contributed by atoms with Crippen molar-refractivity contribution in [2.75, 3.05) is 19.8 Å². The summed E-state index contributed by atoms with van der Waals surface area (Å²) in [6.07, 6.45) is 43.5. The summed E-state index contributed by atoms with van der Waals surface area (Å²) in [6.45, 7) is 4.32. The molecule has 8 atom stereocenters. The first-order chi connectivity index (χ1) is 34.0. The molecule has 0 saturated heterocycles. The molecule has 1 rings (SSSR count). The average Bonchev–Trinajstić information content (AvgIpc) is 3.35. The van der Waals surface area contributed by atoms with Crippen molar-refractivity contribution in [3.63, 3.8) is 0 Å². The highest BCUT2D eigenvalue weighted by Crippen LogP contribution is 2.47. The summed E-state index contributed by atoms with van der Waals surface area (Å²) >= 11 is 0. The van der Waals surface area contributed by atoms with Crippen molar-refractivity contribution in [1.29, 1.82) is 0 Å². The van der Waals surface area contributed by atoms with Gasteiger partial charge in [-0.3, -0.25) is 13.8 Å². The number of ether oxygens (including phenoxy) is 2. The topological polar surface area (TPSA) is 192 Å². The van der Waals surface area contributed by atoms with Gasteiger partial charge < -0.3 is 39.9 Å². The van der Waals surface area contributed by atoms with E-state index in [9.17, 15) is 39.8 Å². The van der Waals surface area contributed by atoms with E-state index in [1.807, 2.05) is 0 Å². The van der Waals surface area contributed by atoms with E-state index in [0.717, 1.165) is 38.5 Å². The molecule has 6 unspecified atom stereocenters. The number of aliphatic hydroxyl groups excluding tert-OH is 5. The van der Waals surface area contributed by atoms with Crippen LogP contribution in [0.4, 0.5) is 0 Å². The number of carbonyl (C=O) groups is 1. The summed E-state index contributed by atoms with van der Waals surface area (Å²) in [4.78, 5) is 23.3. The van der Waals surface area contributed by atoms with Gasteiger partial charge in [-0.25, -0.2) is 4.57 Å². The van der Waals surface area contributed by atoms with Crippen LogP contribution in [0.2, 0.25) is 0 Å². The number of unbranched alkanes of at least 4 members (excludes halogenated alkanes) is 41. The minimum Gasteiger partial charge on any atom is -0.457 e. The van der Waals surface area contributed by atoms with E-state index < -0.39 is 63.1 Å². The number of hydrogen-bond acceptors (Lipinski definition) is 11. The Hall–Kier alpha value is -0.660. The fraction of sp³-hybridized carbons (Fsp3) is 0.982. The minimum atomic E-state index is -5.01. The molecule has 0 aromatic carbocycles. The van der Waals surface area contributed by atoms with Crippen LogP contribution in [0.1, 0.15) is 296 Å². The van der Waals surface area contributed by atoms with Crippen molar-refractivity contribution in [3.05, 3.63) is 0 Å². The van der Waals surface area contributed by atoms with Crippen molar-refractivity contribution < 1.29 is 58.3 Å². The van der Waals surface area contributed by atoms with Crippen molar-refractivity contribution in [2.24, 2.45) is 0 Å². The van der Waals surface area contributed by atoms with Crippen LogP contribution in [0, 0.1) is 0 Å². The zero-order valence-corrected chi connectivity index (χ0v) is 46.2. The highest BCUT2D eigenvalue weighted by Gasteiger charge is 2.51. The Morgan fingerprint density at radius 2 is 0.671 bits per heavy atom. The molecule has 12 nitrogen and oxygen atoms in total. The zero-order chi connectivity index (χ0) is 51.2. The molecular formula is C57H113O12P. The monoisotopic (exact) mass is 1020 g/mol. The molecule has 1 fully saturated rings. The number of aliphatic hydroxyl groups is 5. The lowest BCUT2D eigenvalue weighted by Crippen LogP contribution is -2.64. The Morgan fingerprint density at radius 1 is 0.400 bits per heavy atom. The molecule has 0 spiro atoms. The Kier molecular flexibility index (Phi) is 46.2. The Morgan fingerprint density at radius 3 is 0.986 bits per heavy atom. The van der Waals surface area contributed by atoms with Crippen LogP contribution >= 0.6 is 7.82 Å². The van der Waals surface area contributed by atoms with Crippen LogP contribution in [-0.4, -0.2) is 98.9 Å². The van der Waals surface area contributed by atoms with Gasteiger partial charge in [0, 0.05) is 13.0 Å². The Labute approximate surface area is 429 Å². The third-order valence-electron chi connectivity index (χ3n) is 14.5. The molecule has 1 aliphatic carbocycles. The zero-order valence-electron chi connectivity index (χ0n) is 45.4. The molecule has 0 bridgehead atoms. The maximum absolute atomic E-state index is 12.9. The maximum Gasteiger partial charge on any atom is 0.472 e. The van der Waals surface area contributed by atoms with Gasteiger partial charge in [-0.1, -0.05) is 277 Å². The van der Waals surface area contributed by atoms with E-state index >= 15 is 0 Å². The first kappa shape index (κ1) is 67.4. The standard InChI is InChI=1S/C57H113O12P/c1-3-5-7-9-11-13-15-17-18-19-20-21-22-23-24-25-26-27-28-29-30-31-32-33-34-35-36-38-40-42-44-46-51(58)68-50(48-66-47-45-43-41-39-37-16-14-12-10-8-6-4-2)49-67-70(64,65)69-57-55(62)53(60)52(59)54(61)56(57)63/h50,52-57,59-63H,3-49H2,1-2H3,(H,64,65)/t50-,52?,53-,54?,55?,56?,57?/m1/s1. The second-order valence-corrected chi connectivity index (χ2v) is 22.6. The molecular weight excluding hydrogens is 908 g/mol. The molecule has 1 aliphatic rings. The van der Waals surface area contributed by atoms with E-state index in [-0.39, 0.29) is 13.0 Å². The van der Waals surface area contributed by atoms with Gasteiger partial charge in [0.1, 0.15) is 42.7 Å². The van der Waals surface area contributed by atoms with Crippen LogP contribution in [0.5, 0.6) is 0 Å². The van der Waals surface area contributed by atoms with E-state index in [1.54, 1.807) is 0 Å². The molecule has 418 valence electrons. The summed E-state index contributed by atoms with van der Waals surface area (Å²) < 4.78 is 34.3. The number of hydrogen-bond donors (Lipinski definition) is 6. The van der Waals surface area contributed by atoms with Gasteiger partial charge in [0.25, 0.3) is 0 Å². The van der Waals surface area contributed by atoms with E-state index in [0.29, 0.717) is 13.0 Å². The number of carbonyl (C=O) groups excluding carboxylic acids is 1. The number of phosphoric ester groups is 1. The van der Waals surface area contributed by atoms with E-state index in [2.05, 4.69) is 13.8 Å². The summed E-state index contributed by atoms with van der Waals surface area (Å²) in [5.74, 6) is -0.468. The van der Waals surface area contributed by atoms with Gasteiger partial charge >= 0.3 is 13.8 Å². The first-order valence-corrected chi connectivity index (χ1v) is 31.4. The quantitative estimate of drug-likeness (QED) is 0.0192. The van der Waals surface area contributed by atoms with Crippen LogP contribution < -0.4 is 0 Å². The molecule has 0 heterocycles. The molecule has 0 aliphatic heterocycles. The van der Waals surface area contributed by atoms with Crippen LogP contribution in [0.3, 0.4) is 0 Å². The Bertz CT molecular complexity index is 1160. The molecule has 1 saturated carbocycles. The highest BCUT2D eigenvalue weighted by molar-refractivity contribution is 7.47. The number of esters is 1. The van der Waals surface area contributed by atoms with Crippen LogP contribution in [-0.2, 0) is 27.9 Å². The van der Waals surface area contributed by atoms with Crippen LogP contribution in [0.25, 0.3) is 0 Å². The smallest absolute Gasteiger partial charge is 0.457 e. The number of phosphoric acid groups is 1. The summed E-state index contributed by atoms with van der Waals surface area (Å²) in [5.41, 5.74) is 0. The predicted octanol–water partition coefficient (Wildman–Crippen LogP) is 14.4. The third kappa shape index (κ3) is 38.9.